The second kappa shape index (κ2) is 8.11. The minimum atomic E-state index is 0.627. The van der Waals surface area contributed by atoms with Crippen LogP contribution in [0.1, 0.15) is 69.9 Å². The van der Waals surface area contributed by atoms with Crippen LogP contribution in [0.2, 0.25) is 0 Å². The van der Waals surface area contributed by atoms with Crippen LogP contribution in [0.15, 0.2) is 30.3 Å². The van der Waals surface area contributed by atoms with Gasteiger partial charge in [-0.1, -0.05) is 76.5 Å². The summed E-state index contributed by atoms with van der Waals surface area (Å²) in [6.07, 6.45) is 11.2. The Labute approximate surface area is 107 Å². The Morgan fingerprint density at radius 3 is 2.29 bits per heavy atom. The van der Waals surface area contributed by atoms with Gasteiger partial charge in [-0.3, -0.25) is 0 Å². The molecule has 1 aromatic carbocycles. The van der Waals surface area contributed by atoms with E-state index in [0.717, 1.165) is 0 Å². The lowest BCUT2D eigenvalue weighted by Gasteiger charge is -2.04. The molecule has 0 bridgehead atoms. The van der Waals surface area contributed by atoms with Crippen LogP contribution < -0.4 is 0 Å². The minimum absolute atomic E-state index is 0.627. The zero-order valence-corrected chi connectivity index (χ0v) is 11.6. The second-order valence-corrected chi connectivity index (χ2v) is 5.07. The van der Waals surface area contributed by atoms with E-state index in [-0.39, 0.29) is 0 Å². The molecule has 0 heterocycles. The van der Waals surface area contributed by atoms with Crippen LogP contribution in [-0.4, -0.2) is 0 Å². The number of benzene rings is 1. The monoisotopic (exact) mass is 230 g/mol. The van der Waals surface area contributed by atoms with Gasteiger partial charge in [0.1, 0.15) is 0 Å². The molecule has 1 rings (SSSR count). The maximum absolute atomic E-state index is 2.31. The largest absolute Gasteiger partial charge is 0.0839 e. The summed E-state index contributed by atoms with van der Waals surface area (Å²) in [7, 11) is 0. The zero-order valence-electron chi connectivity index (χ0n) is 11.6. The molecular weight excluding hydrogens is 204 g/mol. The van der Waals surface area contributed by atoms with Crippen molar-refractivity contribution in [2.75, 3.05) is 0 Å². The minimum Gasteiger partial charge on any atom is -0.0839 e. The number of allylic oxidation sites excluding steroid dienone is 1. The summed E-state index contributed by atoms with van der Waals surface area (Å²) >= 11 is 0. The van der Waals surface area contributed by atoms with E-state index in [1.807, 2.05) is 0 Å². The van der Waals surface area contributed by atoms with Crippen molar-refractivity contribution in [3.05, 3.63) is 41.5 Å². The van der Waals surface area contributed by atoms with Gasteiger partial charge in [0.15, 0.2) is 0 Å². The predicted molar refractivity (Wildman–Crippen MR) is 78.3 cm³/mol. The van der Waals surface area contributed by atoms with Gasteiger partial charge in [0.05, 0.1) is 0 Å². The number of unbranched alkanes of at least 4 members (excludes halogenated alkanes) is 4. The first kappa shape index (κ1) is 14.0. The van der Waals surface area contributed by atoms with E-state index in [2.05, 4.69) is 57.2 Å². The molecule has 0 aliphatic rings. The number of rotatable bonds is 7. The maximum atomic E-state index is 2.31. The van der Waals surface area contributed by atoms with Crippen molar-refractivity contribution < 1.29 is 0 Å². The van der Waals surface area contributed by atoms with Crippen molar-refractivity contribution in [2.45, 2.75) is 58.8 Å². The standard InChI is InChI=1S/C17H26/c1-4-5-6-7-8-9-10-16-11-13-17(14-12-16)15(2)3/h9-15H,4-8H2,1-3H3. The van der Waals surface area contributed by atoms with Crippen LogP contribution in [0.3, 0.4) is 0 Å². The summed E-state index contributed by atoms with van der Waals surface area (Å²) in [5.74, 6) is 0.627. The van der Waals surface area contributed by atoms with E-state index >= 15 is 0 Å². The third-order valence-corrected chi connectivity index (χ3v) is 3.14. The van der Waals surface area contributed by atoms with Gasteiger partial charge < -0.3 is 0 Å². The van der Waals surface area contributed by atoms with E-state index in [1.54, 1.807) is 0 Å². The van der Waals surface area contributed by atoms with Crippen LogP contribution in [0.5, 0.6) is 0 Å². The molecule has 1 aromatic rings. The van der Waals surface area contributed by atoms with Crippen LogP contribution >= 0.6 is 0 Å². The van der Waals surface area contributed by atoms with E-state index in [0.29, 0.717) is 5.92 Å². The highest BCUT2D eigenvalue weighted by atomic mass is 14.0. The van der Waals surface area contributed by atoms with Crippen molar-refractivity contribution in [1.29, 1.82) is 0 Å². The molecule has 0 spiro atoms. The maximum Gasteiger partial charge on any atom is -0.0219 e. The molecule has 0 aromatic heterocycles. The summed E-state index contributed by atoms with van der Waals surface area (Å²) < 4.78 is 0. The lowest BCUT2D eigenvalue weighted by atomic mass is 10.0. The number of hydrogen-bond acceptors (Lipinski definition) is 0. The van der Waals surface area contributed by atoms with E-state index in [1.165, 1.54) is 43.2 Å². The Balaban J connectivity index is 2.33. The molecule has 17 heavy (non-hydrogen) atoms. The Morgan fingerprint density at radius 2 is 1.71 bits per heavy atom. The van der Waals surface area contributed by atoms with Crippen LogP contribution in [0, 0.1) is 0 Å². The van der Waals surface area contributed by atoms with Crippen LogP contribution in [0.25, 0.3) is 6.08 Å². The molecule has 0 saturated heterocycles. The summed E-state index contributed by atoms with van der Waals surface area (Å²) in [6.45, 7) is 6.73. The fourth-order valence-corrected chi connectivity index (χ4v) is 1.90. The molecule has 0 heteroatoms. The van der Waals surface area contributed by atoms with Gasteiger partial charge in [-0.25, -0.2) is 0 Å². The number of hydrogen-bond donors (Lipinski definition) is 0. The molecule has 0 amide bonds. The third-order valence-electron chi connectivity index (χ3n) is 3.14. The molecule has 0 saturated carbocycles. The van der Waals surface area contributed by atoms with Crippen molar-refractivity contribution in [1.82, 2.24) is 0 Å². The van der Waals surface area contributed by atoms with Gasteiger partial charge >= 0.3 is 0 Å². The van der Waals surface area contributed by atoms with Crippen LogP contribution in [-0.2, 0) is 0 Å². The SMILES string of the molecule is CCCCCCC=Cc1ccc(C(C)C)cc1. The van der Waals surface area contributed by atoms with Gasteiger partial charge in [0, 0.05) is 0 Å². The molecular formula is C17H26. The molecule has 0 nitrogen and oxygen atoms in total. The van der Waals surface area contributed by atoms with Crippen molar-refractivity contribution >= 4 is 6.08 Å². The average Bonchev–Trinajstić information content (AvgIpc) is 2.34. The first-order chi connectivity index (χ1) is 8.24. The highest BCUT2D eigenvalue weighted by Crippen LogP contribution is 2.15. The van der Waals surface area contributed by atoms with E-state index in [9.17, 15) is 0 Å². The lowest BCUT2D eigenvalue weighted by molar-refractivity contribution is 0.675. The Kier molecular flexibility index (Phi) is 6.69. The second-order valence-electron chi connectivity index (χ2n) is 5.07. The highest BCUT2D eigenvalue weighted by Gasteiger charge is 1.96. The van der Waals surface area contributed by atoms with Crippen molar-refractivity contribution in [2.24, 2.45) is 0 Å². The molecule has 0 aliphatic heterocycles. The van der Waals surface area contributed by atoms with Gasteiger partial charge in [-0.15, -0.1) is 0 Å². The zero-order chi connectivity index (χ0) is 12.5. The summed E-state index contributed by atoms with van der Waals surface area (Å²) in [5.41, 5.74) is 2.75. The predicted octanol–water partition coefficient (Wildman–Crippen LogP) is 5.79. The molecule has 0 aliphatic carbocycles. The molecule has 0 unspecified atom stereocenters. The van der Waals surface area contributed by atoms with E-state index in [4.69, 9.17) is 0 Å². The normalized spacial score (nSPS) is 11.5. The highest BCUT2D eigenvalue weighted by molar-refractivity contribution is 5.49. The van der Waals surface area contributed by atoms with E-state index < -0.39 is 0 Å². The van der Waals surface area contributed by atoms with Crippen molar-refractivity contribution in [3.63, 3.8) is 0 Å². The first-order valence-corrected chi connectivity index (χ1v) is 7.00. The van der Waals surface area contributed by atoms with Crippen molar-refractivity contribution in [3.8, 4) is 0 Å². The first-order valence-electron chi connectivity index (χ1n) is 7.00. The fraction of sp³-hybridized carbons (Fsp3) is 0.529. The summed E-state index contributed by atoms with van der Waals surface area (Å²) in [6, 6.07) is 8.92. The van der Waals surface area contributed by atoms with Gasteiger partial charge in [-0.05, 0) is 29.9 Å². The smallest absolute Gasteiger partial charge is 0.0219 e. The average molecular weight is 230 g/mol. The molecule has 0 N–H and O–H groups in total. The Bertz CT molecular complexity index is 316. The quantitative estimate of drug-likeness (QED) is 0.520. The fourth-order valence-electron chi connectivity index (χ4n) is 1.90. The van der Waals surface area contributed by atoms with Gasteiger partial charge in [0.25, 0.3) is 0 Å². The Hall–Kier alpha value is -1.04. The molecule has 0 radical (unpaired) electrons. The van der Waals surface area contributed by atoms with Gasteiger partial charge in [-0.2, -0.15) is 0 Å². The van der Waals surface area contributed by atoms with Crippen LogP contribution in [0.4, 0.5) is 0 Å². The lowest BCUT2D eigenvalue weighted by Crippen LogP contribution is -1.85. The molecule has 0 atom stereocenters. The molecule has 94 valence electrons. The molecule has 0 fully saturated rings. The third kappa shape index (κ3) is 5.72. The summed E-state index contributed by atoms with van der Waals surface area (Å²) in [4.78, 5) is 0. The van der Waals surface area contributed by atoms with Gasteiger partial charge in [0.2, 0.25) is 0 Å². The topological polar surface area (TPSA) is 0 Å². The Morgan fingerprint density at radius 1 is 1.00 bits per heavy atom. The summed E-state index contributed by atoms with van der Waals surface area (Å²) in [5, 5.41) is 0.